The molecule has 0 saturated carbocycles. The molecule has 2 aromatic rings. The standard InChI is InChI=1S/C11H11ClN4O3S/c12-7-1-6-20-8(7)9-13-10(14-19-9)15-2-4-16(5-3-15)11(17)18/h1,6H,2-5H2,(H,17,18). The van der Waals surface area contributed by atoms with Gasteiger partial charge in [-0.15, -0.1) is 11.3 Å². The zero-order valence-corrected chi connectivity index (χ0v) is 11.9. The molecule has 0 aromatic carbocycles. The summed E-state index contributed by atoms with van der Waals surface area (Å²) in [5.41, 5.74) is 0. The van der Waals surface area contributed by atoms with Crippen LogP contribution in [0.1, 0.15) is 0 Å². The van der Waals surface area contributed by atoms with E-state index in [0.29, 0.717) is 43.0 Å². The summed E-state index contributed by atoms with van der Waals surface area (Å²) in [7, 11) is 0. The van der Waals surface area contributed by atoms with Crippen LogP contribution >= 0.6 is 22.9 Å². The van der Waals surface area contributed by atoms with Gasteiger partial charge in [0.2, 0.25) is 0 Å². The Kier molecular flexibility index (Phi) is 3.49. The monoisotopic (exact) mass is 314 g/mol. The number of halogens is 1. The van der Waals surface area contributed by atoms with E-state index in [-0.39, 0.29) is 0 Å². The topological polar surface area (TPSA) is 82.7 Å². The average molecular weight is 315 g/mol. The summed E-state index contributed by atoms with van der Waals surface area (Å²) in [6.45, 7) is 1.95. The highest BCUT2D eigenvalue weighted by Gasteiger charge is 2.24. The Labute approximate surface area is 123 Å². The molecule has 0 unspecified atom stereocenters. The normalized spacial score (nSPS) is 15.7. The van der Waals surface area contributed by atoms with Crippen molar-refractivity contribution in [1.82, 2.24) is 15.0 Å². The molecule has 2 aromatic heterocycles. The molecule has 3 heterocycles. The summed E-state index contributed by atoms with van der Waals surface area (Å²) >= 11 is 7.45. The van der Waals surface area contributed by atoms with Crippen LogP contribution in [0.5, 0.6) is 0 Å². The maximum absolute atomic E-state index is 10.8. The van der Waals surface area contributed by atoms with Gasteiger partial charge in [0.1, 0.15) is 4.88 Å². The fourth-order valence-electron chi connectivity index (χ4n) is 1.98. The molecule has 1 saturated heterocycles. The van der Waals surface area contributed by atoms with E-state index in [4.69, 9.17) is 21.2 Å². The van der Waals surface area contributed by atoms with Gasteiger partial charge < -0.3 is 19.4 Å². The van der Waals surface area contributed by atoms with E-state index in [0.717, 1.165) is 4.88 Å². The van der Waals surface area contributed by atoms with Crippen molar-refractivity contribution in [2.75, 3.05) is 31.1 Å². The zero-order chi connectivity index (χ0) is 14.1. The number of anilines is 1. The first-order chi connectivity index (χ1) is 9.65. The van der Waals surface area contributed by atoms with Crippen LogP contribution in [-0.2, 0) is 0 Å². The van der Waals surface area contributed by atoms with Crippen LogP contribution in [0.2, 0.25) is 5.02 Å². The second-order valence-corrected chi connectivity index (χ2v) is 5.58. The Balaban J connectivity index is 1.72. The SMILES string of the molecule is O=C(O)N1CCN(c2noc(-c3sccc3Cl)n2)CC1. The number of amides is 1. The van der Waals surface area contributed by atoms with Gasteiger partial charge in [-0.25, -0.2) is 4.79 Å². The molecule has 0 spiro atoms. The first-order valence-corrected chi connectivity index (χ1v) is 7.21. The largest absolute Gasteiger partial charge is 0.465 e. The molecular weight excluding hydrogens is 304 g/mol. The minimum atomic E-state index is -0.899. The van der Waals surface area contributed by atoms with Crippen molar-refractivity contribution in [3.8, 4) is 10.8 Å². The average Bonchev–Trinajstić information content (AvgIpc) is 3.07. The van der Waals surface area contributed by atoms with Crippen LogP contribution in [0, 0.1) is 0 Å². The smallest absolute Gasteiger partial charge is 0.407 e. The van der Waals surface area contributed by atoms with Crippen LogP contribution < -0.4 is 4.90 Å². The van der Waals surface area contributed by atoms with Crippen molar-refractivity contribution in [1.29, 1.82) is 0 Å². The van der Waals surface area contributed by atoms with Gasteiger partial charge in [0.25, 0.3) is 11.8 Å². The second kappa shape index (κ2) is 5.29. The quantitative estimate of drug-likeness (QED) is 0.915. The molecule has 106 valence electrons. The van der Waals surface area contributed by atoms with E-state index in [1.165, 1.54) is 16.2 Å². The molecule has 1 fully saturated rings. The lowest BCUT2D eigenvalue weighted by atomic mass is 10.3. The summed E-state index contributed by atoms with van der Waals surface area (Å²) in [6.07, 6.45) is -0.899. The van der Waals surface area contributed by atoms with Gasteiger partial charge in [0.05, 0.1) is 5.02 Å². The van der Waals surface area contributed by atoms with Gasteiger partial charge in [0, 0.05) is 26.2 Å². The third kappa shape index (κ3) is 2.44. The number of hydrogen-bond acceptors (Lipinski definition) is 6. The Morgan fingerprint density at radius 2 is 2.15 bits per heavy atom. The highest BCUT2D eigenvalue weighted by molar-refractivity contribution is 7.14. The van der Waals surface area contributed by atoms with Crippen molar-refractivity contribution < 1.29 is 14.4 Å². The maximum atomic E-state index is 10.8. The first kappa shape index (κ1) is 13.2. The molecule has 20 heavy (non-hydrogen) atoms. The summed E-state index contributed by atoms with van der Waals surface area (Å²) in [6, 6.07) is 1.77. The van der Waals surface area contributed by atoms with Gasteiger partial charge in [-0.05, 0) is 16.6 Å². The minimum absolute atomic E-state index is 0.390. The van der Waals surface area contributed by atoms with E-state index >= 15 is 0 Å². The van der Waals surface area contributed by atoms with Gasteiger partial charge >= 0.3 is 6.09 Å². The highest BCUT2D eigenvalue weighted by atomic mass is 35.5. The molecule has 0 atom stereocenters. The summed E-state index contributed by atoms with van der Waals surface area (Å²) in [4.78, 5) is 19.2. The number of aromatic nitrogens is 2. The zero-order valence-electron chi connectivity index (χ0n) is 10.3. The molecule has 3 rings (SSSR count). The van der Waals surface area contributed by atoms with Crippen molar-refractivity contribution in [3.63, 3.8) is 0 Å². The molecule has 0 aliphatic carbocycles. The van der Waals surface area contributed by atoms with Gasteiger partial charge in [0.15, 0.2) is 0 Å². The number of nitrogens with zero attached hydrogens (tertiary/aromatic N) is 4. The lowest BCUT2D eigenvalue weighted by Crippen LogP contribution is -2.48. The van der Waals surface area contributed by atoms with Crippen molar-refractivity contribution in [2.24, 2.45) is 0 Å². The molecule has 0 radical (unpaired) electrons. The highest BCUT2D eigenvalue weighted by Crippen LogP contribution is 2.32. The van der Waals surface area contributed by atoms with Crippen molar-refractivity contribution in [3.05, 3.63) is 16.5 Å². The fourth-order valence-corrected chi connectivity index (χ4v) is 3.04. The number of hydrogen-bond donors (Lipinski definition) is 1. The minimum Gasteiger partial charge on any atom is -0.465 e. The third-order valence-electron chi connectivity index (χ3n) is 3.06. The van der Waals surface area contributed by atoms with Gasteiger partial charge in [-0.1, -0.05) is 11.6 Å². The predicted octanol–water partition coefficient (Wildman–Crippen LogP) is 2.25. The van der Waals surface area contributed by atoms with E-state index in [9.17, 15) is 4.79 Å². The molecular formula is C11H11ClN4O3S. The number of piperazine rings is 1. The number of carbonyl (C=O) groups is 1. The van der Waals surface area contributed by atoms with E-state index < -0.39 is 6.09 Å². The lowest BCUT2D eigenvalue weighted by molar-refractivity contribution is 0.142. The molecule has 1 aliphatic heterocycles. The van der Waals surface area contributed by atoms with Crippen molar-refractivity contribution in [2.45, 2.75) is 0 Å². The molecule has 7 nitrogen and oxygen atoms in total. The van der Waals surface area contributed by atoms with Crippen LogP contribution in [-0.4, -0.2) is 52.4 Å². The second-order valence-electron chi connectivity index (χ2n) is 4.25. The Hall–Kier alpha value is -1.80. The summed E-state index contributed by atoms with van der Waals surface area (Å²) in [5.74, 6) is 0.857. The number of carboxylic acid groups (broad SMARTS) is 1. The molecule has 0 bridgehead atoms. The van der Waals surface area contributed by atoms with Crippen LogP contribution in [0.25, 0.3) is 10.8 Å². The summed E-state index contributed by atoms with van der Waals surface area (Å²) < 4.78 is 5.21. The van der Waals surface area contributed by atoms with Crippen LogP contribution in [0.3, 0.4) is 0 Å². The Morgan fingerprint density at radius 3 is 2.75 bits per heavy atom. The third-order valence-corrected chi connectivity index (χ3v) is 4.39. The van der Waals surface area contributed by atoms with Crippen LogP contribution in [0.15, 0.2) is 16.0 Å². The number of thiophene rings is 1. The Morgan fingerprint density at radius 1 is 1.40 bits per heavy atom. The lowest BCUT2D eigenvalue weighted by Gasteiger charge is -2.31. The molecule has 1 amide bonds. The molecule has 1 aliphatic rings. The van der Waals surface area contributed by atoms with Crippen LogP contribution in [0.4, 0.5) is 10.7 Å². The first-order valence-electron chi connectivity index (χ1n) is 5.95. The fraction of sp³-hybridized carbons (Fsp3) is 0.364. The molecule has 9 heteroatoms. The van der Waals surface area contributed by atoms with Gasteiger partial charge in [-0.2, -0.15) is 4.98 Å². The van der Waals surface area contributed by atoms with E-state index in [1.54, 1.807) is 6.07 Å². The van der Waals surface area contributed by atoms with Crippen molar-refractivity contribution >= 4 is 35.0 Å². The summed E-state index contributed by atoms with van der Waals surface area (Å²) in [5, 5.41) is 15.3. The predicted molar refractivity (Wildman–Crippen MR) is 74.4 cm³/mol. The van der Waals surface area contributed by atoms with E-state index in [1.807, 2.05) is 10.3 Å². The van der Waals surface area contributed by atoms with E-state index in [2.05, 4.69) is 10.1 Å². The van der Waals surface area contributed by atoms with Gasteiger partial charge in [-0.3, -0.25) is 0 Å². The molecule has 1 N–H and O–H groups in total. The Bertz CT molecular complexity index is 621. The number of rotatable bonds is 2. The maximum Gasteiger partial charge on any atom is 0.407 e.